The number of aromatic nitrogens is 2. The van der Waals surface area contributed by atoms with Crippen LogP contribution in [-0.4, -0.2) is 38.1 Å². The molecule has 1 unspecified atom stereocenters. The topological polar surface area (TPSA) is 112 Å². The molecule has 0 aliphatic heterocycles. The third-order valence-electron chi connectivity index (χ3n) is 3.73. The van der Waals surface area contributed by atoms with Gasteiger partial charge in [0.1, 0.15) is 6.04 Å². The molecule has 1 atom stereocenters. The van der Waals surface area contributed by atoms with Crippen LogP contribution in [-0.2, 0) is 4.79 Å². The van der Waals surface area contributed by atoms with Crippen LogP contribution in [0.5, 0.6) is 5.75 Å². The normalized spacial score (nSPS) is 12.5. The first kappa shape index (κ1) is 16.1. The van der Waals surface area contributed by atoms with Gasteiger partial charge in [-0.15, -0.1) is 11.3 Å². The van der Waals surface area contributed by atoms with Crippen molar-refractivity contribution >= 4 is 43.4 Å². The molecule has 0 aromatic carbocycles. The van der Waals surface area contributed by atoms with Crippen molar-refractivity contribution in [2.75, 3.05) is 0 Å². The number of carbonyl (C=O) groups is 2. The second kappa shape index (κ2) is 5.72. The van der Waals surface area contributed by atoms with Crippen molar-refractivity contribution in [3.8, 4) is 5.75 Å². The number of carbonyl (C=O) groups excluding carboxylic acids is 1. The summed E-state index contributed by atoms with van der Waals surface area (Å²) in [6.07, 6.45) is 1.72. The molecule has 7 nitrogen and oxygen atoms in total. The lowest BCUT2D eigenvalue weighted by Crippen LogP contribution is -2.38. The molecule has 0 fully saturated rings. The molecule has 3 aromatic heterocycles. The zero-order valence-corrected chi connectivity index (χ0v) is 14.1. The fourth-order valence-electron chi connectivity index (χ4n) is 2.50. The van der Waals surface area contributed by atoms with E-state index in [2.05, 4.69) is 15.3 Å². The summed E-state index contributed by atoms with van der Waals surface area (Å²) >= 11 is 1.32. The molecule has 8 heteroatoms. The van der Waals surface area contributed by atoms with E-state index in [1.165, 1.54) is 18.3 Å². The maximum absolute atomic E-state index is 12.2. The molecule has 0 spiro atoms. The fourth-order valence-corrected chi connectivity index (χ4v) is 3.65. The SMILES string of the molecule is Cc1cc2c(cn1)sc1c(O)c(C(=O)NC(C)C(=O)O)nc(C)c12. The molecule has 0 saturated carbocycles. The minimum atomic E-state index is -1.16. The van der Waals surface area contributed by atoms with Crippen molar-refractivity contribution in [2.24, 2.45) is 0 Å². The second-order valence-corrected chi connectivity index (χ2v) is 6.61. The number of nitrogens with zero attached hydrogens (tertiary/aromatic N) is 2. The maximum atomic E-state index is 12.2. The number of fused-ring (bicyclic) bond motifs is 3. The van der Waals surface area contributed by atoms with Gasteiger partial charge in [-0.2, -0.15) is 0 Å². The Morgan fingerprint density at radius 2 is 2.04 bits per heavy atom. The molecule has 0 bridgehead atoms. The van der Waals surface area contributed by atoms with Crippen molar-refractivity contribution in [1.82, 2.24) is 15.3 Å². The van der Waals surface area contributed by atoms with Crippen molar-refractivity contribution in [3.05, 3.63) is 29.3 Å². The summed E-state index contributed by atoms with van der Waals surface area (Å²) in [5.41, 5.74) is 1.26. The first-order valence-corrected chi connectivity index (χ1v) is 8.03. The lowest BCUT2D eigenvalue weighted by Gasteiger charge is -2.11. The summed E-state index contributed by atoms with van der Waals surface area (Å²) in [6, 6.07) is 0.832. The number of aryl methyl sites for hydroxylation is 2. The van der Waals surface area contributed by atoms with E-state index in [0.29, 0.717) is 10.4 Å². The van der Waals surface area contributed by atoms with Gasteiger partial charge in [0.2, 0.25) is 0 Å². The van der Waals surface area contributed by atoms with Crippen LogP contribution in [0.4, 0.5) is 0 Å². The number of aromatic hydroxyl groups is 1. The van der Waals surface area contributed by atoms with Crippen LogP contribution in [0.1, 0.15) is 28.8 Å². The Labute approximate surface area is 141 Å². The molecule has 3 heterocycles. The fraction of sp³-hybridized carbons (Fsp3) is 0.250. The smallest absolute Gasteiger partial charge is 0.325 e. The third-order valence-corrected chi connectivity index (χ3v) is 4.87. The van der Waals surface area contributed by atoms with Crippen molar-refractivity contribution in [1.29, 1.82) is 0 Å². The summed E-state index contributed by atoms with van der Waals surface area (Å²) in [7, 11) is 0. The number of hydrogen-bond acceptors (Lipinski definition) is 6. The van der Waals surface area contributed by atoms with Gasteiger partial charge >= 0.3 is 5.97 Å². The van der Waals surface area contributed by atoms with Gasteiger partial charge in [-0.05, 0) is 26.8 Å². The highest BCUT2D eigenvalue weighted by Crippen LogP contribution is 2.41. The van der Waals surface area contributed by atoms with Crippen LogP contribution >= 0.6 is 11.3 Å². The van der Waals surface area contributed by atoms with Crippen LogP contribution in [0, 0.1) is 13.8 Å². The van der Waals surface area contributed by atoms with E-state index < -0.39 is 17.9 Å². The summed E-state index contributed by atoms with van der Waals surface area (Å²) in [5, 5.41) is 23.4. The summed E-state index contributed by atoms with van der Waals surface area (Å²) in [4.78, 5) is 31.6. The minimum absolute atomic E-state index is 0.177. The van der Waals surface area contributed by atoms with Crippen LogP contribution in [0.25, 0.3) is 20.2 Å². The zero-order chi connectivity index (χ0) is 17.6. The van der Waals surface area contributed by atoms with E-state index >= 15 is 0 Å². The average molecular weight is 345 g/mol. The second-order valence-electron chi connectivity index (χ2n) is 5.56. The number of rotatable bonds is 3. The Morgan fingerprint density at radius 3 is 2.71 bits per heavy atom. The van der Waals surface area contributed by atoms with Crippen molar-refractivity contribution in [3.63, 3.8) is 0 Å². The Kier molecular flexibility index (Phi) is 3.84. The highest BCUT2D eigenvalue weighted by Gasteiger charge is 2.23. The Morgan fingerprint density at radius 1 is 1.33 bits per heavy atom. The zero-order valence-electron chi connectivity index (χ0n) is 13.2. The van der Waals surface area contributed by atoms with Crippen LogP contribution in [0.3, 0.4) is 0 Å². The first-order valence-electron chi connectivity index (χ1n) is 7.21. The van der Waals surface area contributed by atoms with Crippen molar-refractivity contribution in [2.45, 2.75) is 26.8 Å². The molecule has 0 radical (unpaired) electrons. The van der Waals surface area contributed by atoms with E-state index in [1.807, 2.05) is 13.0 Å². The predicted octanol–water partition coefficient (Wildman–Crippen LogP) is 2.37. The Bertz CT molecular complexity index is 996. The number of aliphatic carboxylic acids is 1. The van der Waals surface area contributed by atoms with Gasteiger partial charge in [0.05, 0.1) is 9.40 Å². The number of carboxylic acids is 1. The number of thiophene rings is 1. The number of amides is 1. The lowest BCUT2D eigenvalue weighted by molar-refractivity contribution is -0.138. The molecule has 3 aromatic rings. The largest absolute Gasteiger partial charge is 0.504 e. The average Bonchev–Trinajstić information content (AvgIpc) is 2.89. The molecular weight excluding hydrogens is 330 g/mol. The quantitative estimate of drug-likeness (QED) is 0.672. The van der Waals surface area contributed by atoms with E-state index in [1.54, 1.807) is 13.1 Å². The summed E-state index contributed by atoms with van der Waals surface area (Å²) < 4.78 is 1.42. The standard InChI is InChI=1S/C16H15N3O4S/c1-6-4-9-10(5-17-6)24-14-11(9)7(2)18-12(13(14)20)15(21)19-8(3)16(22)23/h4-5,8,20H,1-3H3,(H,19,21)(H,22,23). The van der Waals surface area contributed by atoms with Gasteiger partial charge in [-0.3, -0.25) is 14.6 Å². The van der Waals surface area contributed by atoms with E-state index in [-0.39, 0.29) is 11.4 Å². The van der Waals surface area contributed by atoms with Crippen molar-refractivity contribution < 1.29 is 19.8 Å². The van der Waals surface area contributed by atoms with Gasteiger partial charge in [0, 0.05) is 28.4 Å². The maximum Gasteiger partial charge on any atom is 0.325 e. The number of hydrogen-bond donors (Lipinski definition) is 3. The molecule has 124 valence electrons. The minimum Gasteiger partial charge on any atom is -0.504 e. The predicted molar refractivity (Wildman–Crippen MR) is 90.6 cm³/mol. The Balaban J connectivity index is 2.18. The number of pyridine rings is 2. The third kappa shape index (κ3) is 2.54. The first-order chi connectivity index (χ1) is 11.3. The van der Waals surface area contributed by atoms with Gasteiger partial charge < -0.3 is 15.5 Å². The highest BCUT2D eigenvalue weighted by atomic mass is 32.1. The van der Waals surface area contributed by atoms with E-state index in [0.717, 1.165) is 21.2 Å². The molecule has 3 N–H and O–H groups in total. The van der Waals surface area contributed by atoms with Gasteiger partial charge in [0.15, 0.2) is 11.4 Å². The molecule has 24 heavy (non-hydrogen) atoms. The van der Waals surface area contributed by atoms with E-state index in [4.69, 9.17) is 5.11 Å². The number of nitrogens with one attached hydrogen (secondary N) is 1. The monoisotopic (exact) mass is 345 g/mol. The molecular formula is C16H15N3O4S. The number of carboxylic acid groups (broad SMARTS) is 1. The van der Waals surface area contributed by atoms with Crippen LogP contribution < -0.4 is 5.32 Å². The van der Waals surface area contributed by atoms with Crippen LogP contribution in [0.15, 0.2) is 12.3 Å². The van der Waals surface area contributed by atoms with Gasteiger partial charge in [-0.25, -0.2) is 4.98 Å². The van der Waals surface area contributed by atoms with E-state index in [9.17, 15) is 14.7 Å². The lowest BCUT2D eigenvalue weighted by atomic mass is 10.1. The summed E-state index contributed by atoms with van der Waals surface area (Å²) in [6.45, 7) is 4.97. The Hall–Kier alpha value is -2.74. The molecule has 1 amide bonds. The molecule has 0 aliphatic carbocycles. The molecule has 3 rings (SSSR count). The molecule has 0 saturated heterocycles. The highest BCUT2D eigenvalue weighted by molar-refractivity contribution is 7.26. The van der Waals surface area contributed by atoms with Gasteiger partial charge in [0.25, 0.3) is 5.91 Å². The van der Waals surface area contributed by atoms with Crippen LogP contribution in [0.2, 0.25) is 0 Å². The molecule has 0 aliphatic rings. The van der Waals surface area contributed by atoms with Gasteiger partial charge in [-0.1, -0.05) is 0 Å². The summed E-state index contributed by atoms with van der Waals surface area (Å²) in [5.74, 6) is -2.13.